The van der Waals surface area contributed by atoms with Gasteiger partial charge >= 0.3 is 0 Å². The Morgan fingerprint density at radius 1 is 1.17 bits per heavy atom. The molecule has 1 aromatic rings. The molecule has 0 bridgehead atoms. The lowest BCUT2D eigenvalue weighted by Gasteiger charge is -2.28. The zero-order valence-electron chi connectivity index (χ0n) is 14.3. The van der Waals surface area contributed by atoms with Gasteiger partial charge in [-0.15, -0.1) is 0 Å². The van der Waals surface area contributed by atoms with Crippen molar-refractivity contribution in [2.75, 3.05) is 46.2 Å². The van der Waals surface area contributed by atoms with Crippen molar-refractivity contribution >= 4 is 28.7 Å². The highest BCUT2D eigenvalue weighted by Crippen LogP contribution is 2.19. The van der Waals surface area contributed by atoms with E-state index in [1.807, 2.05) is 24.3 Å². The fourth-order valence-corrected chi connectivity index (χ4v) is 3.33. The lowest BCUT2D eigenvalue weighted by Crippen LogP contribution is -2.40. The van der Waals surface area contributed by atoms with Crippen molar-refractivity contribution < 1.29 is 9.29 Å². The molecule has 7 heteroatoms. The fourth-order valence-electron chi connectivity index (χ4n) is 2.81. The first kappa shape index (κ1) is 17.3. The number of guanidine groups is 1. The lowest BCUT2D eigenvalue weighted by molar-refractivity contribution is 0.0676. The third-order valence-electron chi connectivity index (χ3n) is 4.26. The molecule has 0 radical (unpaired) electrons. The number of morpholine rings is 1. The summed E-state index contributed by atoms with van der Waals surface area (Å²) in [6.07, 6.45) is 3.82. The van der Waals surface area contributed by atoms with Crippen LogP contribution in [-0.4, -0.2) is 72.3 Å². The van der Waals surface area contributed by atoms with Crippen LogP contribution in [0.5, 0.6) is 0 Å². The van der Waals surface area contributed by atoms with E-state index in [0.717, 1.165) is 54.9 Å². The van der Waals surface area contributed by atoms with Crippen molar-refractivity contribution in [3.63, 3.8) is 0 Å². The number of aliphatic imine (C=N–C) groups is 2. The molecule has 2 aliphatic heterocycles. The maximum absolute atomic E-state index is 11.5. The molecular formula is C17H24N4O2S. The zero-order valence-corrected chi connectivity index (χ0v) is 15.1. The number of benzene rings is 1. The molecule has 2 aliphatic rings. The van der Waals surface area contributed by atoms with Gasteiger partial charge in [0, 0.05) is 33.1 Å². The molecule has 130 valence electrons. The highest BCUT2D eigenvalue weighted by Gasteiger charge is 2.19. The van der Waals surface area contributed by atoms with E-state index in [9.17, 15) is 4.55 Å². The average Bonchev–Trinajstić information content (AvgIpc) is 3.00. The van der Waals surface area contributed by atoms with Gasteiger partial charge in [-0.2, -0.15) is 4.99 Å². The molecular weight excluding hydrogens is 324 g/mol. The minimum atomic E-state index is -0.972. The third kappa shape index (κ3) is 4.28. The topological polar surface area (TPSA) is 63.5 Å². The van der Waals surface area contributed by atoms with Crippen LogP contribution in [0.2, 0.25) is 0 Å². The molecule has 1 atom stereocenters. The van der Waals surface area contributed by atoms with Gasteiger partial charge in [-0.05, 0) is 41.9 Å². The van der Waals surface area contributed by atoms with Crippen LogP contribution in [0, 0.1) is 0 Å². The summed E-state index contributed by atoms with van der Waals surface area (Å²) in [7, 11) is 2.08. The normalized spacial score (nSPS) is 22.3. The number of amidine groups is 1. The van der Waals surface area contributed by atoms with Gasteiger partial charge in [0.2, 0.25) is 5.96 Å². The first-order valence-electron chi connectivity index (χ1n) is 8.27. The summed E-state index contributed by atoms with van der Waals surface area (Å²) in [5.74, 6) is 1.83. The SMILES string of the molecule is CN1CCC/C1=N/C(=N/c1ccc([S+](C)[O-])cc1)N1CCOCC1. The van der Waals surface area contributed by atoms with E-state index in [2.05, 4.69) is 16.8 Å². The van der Waals surface area contributed by atoms with E-state index >= 15 is 0 Å². The van der Waals surface area contributed by atoms with Gasteiger partial charge < -0.3 is 19.1 Å². The second-order valence-electron chi connectivity index (χ2n) is 6.01. The Labute approximate surface area is 146 Å². The summed E-state index contributed by atoms with van der Waals surface area (Å²) < 4.78 is 17.0. The molecule has 0 saturated carbocycles. The summed E-state index contributed by atoms with van der Waals surface area (Å²) >= 11 is -0.972. The van der Waals surface area contributed by atoms with Crippen LogP contribution in [0.15, 0.2) is 39.1 Å². The maximum atomic E-state index is 11.5. The highest BCUT2D eigenvalue weighted by molar-refractivity contribution is 7.90. The predicted molar refractivity (Wildman–Crippen MR) is 97.6 cm³/mol. The van der Waals surface area contributed by atoms with E-state index in [1.165, 1.54) is 0 Å². The van der Waals surface area contributed by atoms with Crippen LogP contribution < -0.4 is 0 Å². The third-order valence-corrected chi connectivity index (χ3v) is 5.19. The maximum Gasteiger partial charge on any atom is 0.227 e. The van der Waals surface area contributed by atoms with Crippen LogP contribution in [0.4, 0.5) is 5.69 Å². The molecule has 0 aliphatic carbocycles. The van der Waals surface area contributed by atoms with Crippen LogP contribution in [-0.2, 0) is 15.9 Å². The highest BCUT2D eigenvalue weighted by atomic mass is 32.2. The van der Waals surface area contributed by atoms with Crippen LogP contribution >= 0.6 is 0 Å². The second-order valence-corrected chi connectivity index (χ2v) is 7.39. The summed E-state index contributed by atoms with van der Waals surface area (Å²) in [5.41, 5.74) is 0.829. The number of rotatable bonds is 2. The number of likely N-dealkylation sites (tertiary alicyclic amines) is 1. The summed E-state index contributed by atoms with van der Waals surface area (Å²) in [5, 5.41) is 0. The van der Waals surface area contributed by atoms with Gasteiger partial charge in [-0.25, -0.2) is 4.99 Å². The Hall–Kier alpha value is -1.57. The zero-order chi connectivity index (χ0) is 16.9. The molecule has 0 N–H and O–H groups in total. The Morgan fingerprint density at radius 3 is 2.46 bits per heavy atom. The largest absolute Gasteiger partial charge is 0.612 e. The minimum Gasteiger partial charge on any atom is -0.612 e. The van der Waals surface area contributed by atoms with Gasteiger partial charge in [-0.1, -0.05) is 0 Å². The molecule has 6 nitrogen and oxygen atoms in total. The van der Waals surface area contributed by atoms with Crippen molar-refractivity contribution in [2.45, 2.75) is 17.7 Å². The monoisotopic (exact) mass is 348 g/mol. The van der Waals surface area contributed by atoms with Crippen LogP contribution in [0.3, 0.4) is 0 Å². The van der Waals surface area contributed by atoms with Gasteiger partial charge in [0.1, 0.15) is 12.1 Å². The first-order valence-corrected chi connectivity index (χ1v) is 9.83. The molecule has 0 aromatic heterocycles. The lowest BCUT2D eigenvalue weighted by atomic mass is 10.3. The minimum absolute atomic E-state index is 0.702. The average molecular weight is 348 g/mol. The Balaban J connectivity index is 1.87. The number of nitrogens with zero attached hydrogens (tertiary/aromatic N) is 4. The molecule has 3 rings (SSSR count). The van der Waals surface area contributed by atoms with Crippen molar-refractivity contribution in [3.05, 3.63) is 24.3 Å². The second kappa shape index (κ2) is 8.00. The van der Waals surface area contributed by atoms with Gasteiger partial charge in [-0.3, -0.25) is 0 Å². The van der Waals surface area contributed by atoms with Crippen molar-refractivity contribution in [1.29, 1.82) is 0 Å². The predicted octanol–water partition coefficient (Wildman–Crippen LogP) is 1.87. The first-order chi connectivity index (χ1) is 11.6. The molecule has 1 unspecified atom stereocenters. The van der Waals surface area contributed by atoms with E-state index in [0.29, 0.717) is 13.2 Å². The number of hydrogen-bond acceptors (Lipinski definition) is 3. The molecule has 0 amide bonds. The van der Waals surface area contributed by atoms with Gasteiger partial charge in [0.05, 0.1) is 18.9 Å². The molecule has 2 heterocycles. The van der Waals surface area contributed by atoms with Crippen molar-refractivity contribution in [1.82, 2.24) is 9.80 Å². The van der Waals surface area contributed by atoms with Crippen LogP contribution in [0.1, 0.15) is 12.8 Å². The standard InChI is InChI=1S/C17H24N4O2S/c1-20-9-3-4-16(20)19-17(21-10-12-23-13-11-21)18-14-5-7-15(8-6-14)24(2)22/h5-8H,3-4,9-13H2,1-2H3/b18-17-,19-16-. The summed E-state index contributed by atoms with van der Waals surface area (Å²) in [6.45, 7) is 4.06. The molecule has 2 saturated heterocycles. The van der Waals surface area contributed by atoms with Crippen molar-refractivity contribution in [2.24, 2.45) is 9.98 Å². The molecule has 1 aromatic carbocycles. The number of hydrogen-bond donors (Lipinski definition) is 0. The molecule has 0 spiro atoms. The van der Waals surface area contributed by atoms with E-state index in [1.54, 1.807) is 6.26 Å². The fraction of sp³-hybridized carbons (Fsp3) is 0.529. The summed E-state index contributed by atoms with van der Waals surface area (Å²) in [6, 6.07) is 7.52. The van der Waals surface area contributed by atoms with E-state index < -0.39 is 11.2 Å². The van der Waals surface area contributed by atoms with E-state index in [-0.39, 0.29) is 0 Å². The number of ether oxygens (including phenoxy) is 1. The molecule has 24 heavy (non-hydrogen) atoms. The van der Waals surface area contributed by atoms with Crippen LogP contribution in [0.25, 0.3) is 0 Å². The molecule has 2 fully saturated rings. The van der Waals surface area contributed by atoms with Gasteiger partial charge in [0.25, 0.3) is 0 Å². The Morgan fingerprint density at radius 2 is 1.88 bits per heavy atom. The smallest absolute Gasteiger partial charge is 0.227 e. The van der Waals surface area contributed by atoms with Gasteiger partial charge in [0.15, 0.2) is 4.90 Å². The Bertz CT molecular complexity index is 610. The van der Waals surface area contributed by atoms with Crippen molar-refractivity contribution in [3.8, 4) is 0 Å². The van der Waals surface area contributed by atoms with E-state index in [4.69, 9.17) is 14.7 Å². The summed E-state index contributed by atoms with van der Waals surface area (Å²) in [4.78, 5) is 14.8. The Kier molecular flexibility index (Phi) is 5.76. The quantitative estimate of drug-likeness (QED) is 0.465.